The molecule has 2 rings (SSSR count). The van der Waals surface area contributed by atoms with Crippen LogP contribution in [0.2, 0.25) is 0 Å². The molecule has 1 aromatic heterocycles. The summed E-state index contributed by atoms with van der Waals surface area (Å²) in [5, 5.41) is 0. The van der Waals surface area contributed by atoms with Gasteiger partial charge in [0.25, 0.3) is 0 Å². The Hall–Kier alpha value is -1.02. The minimum absolute atomic E-state index is 0.104. The highest BCUT2D eigenvalue weighted by molar-refractivity contribution is 9.10. The number of hydrogen-bond donors (Lipinski definition) is 0. The van der Waals surface area contributed by atoms with E-state index in [-0.39, 0.29) is 17.8 Å². The molecule has 0 aliphatic rings. The summed E-state index contributed by atoms with van der Waals surface area (Å²) in [6, 6.07) is 6.37. The molecule has 2 heteroatoms. The van der Waals surface area contributed by atoms with E-state index in [9.17, 15) is 0 Å². The van der Waals surface area contributed by atoms with E-state index in [4.69, 9.17) is 11.3 Å². The average molecular weight is 242 g/mol. The number of furan rings is 1. The van der Waals surface area contributed by atoms with Gasteiger partial charge in [-0.3, -0.25) is 0 Å². The molecule has 0 spiro atoms. The van der Waals surface area contributed by atoms with Crippen molar-refractivity contribution in [1.29, 1.82) is 0 Å². The maximum atomic E-state index is 7.76. The van der Waals surface area contributed by atoms with E-state index < -0.39 is 12.6 Å². The van der Waals surface area contributed by atoms with Gasteiger partial charge in [0.15, 0.2) is 0 Å². The fraction of sp³-hybridized carbons (Fsp3) is 0.0909. The highest BCUT2D eigenvalue weighted by Crippen LogP contribution is 2.24. The maximum Gasteiger partial charge on any atom is 0.134 e. The molecule has 1 nitrogen and oxygen atoms in total. The highest BCUT2D eigenvalue weighted by atomic mass is 79.9. The molecule has 0 N–H and O–H groups in total. The molecule has 0 atom stereocenters. The lowest BCUT2D eigenvalue weighted by Crippen LogP contribution is -1.72. The Balaban J connectivity index is 2.60. The van der Waals surface area contributed by atoms with Gasteiger partial charge in [0.1, 0.15) is 11.5 Å². The quantitative estimate of drug-likeness (QED) is 0.736. The molecule has 0 unspecified atom stereocenters. The second kappa shape index (κ2) is 3.38. The summed E-state index contributed by atoms with van der Waals surface area (Å²) in [5.74, 6) is -0.338. The molecular formula is C11H9BrO. The molecule has 66 valence electrons. The molecule has 0 radical (unpaired) electrons. The van der Waals surface area contributed by atoms with E-state index >= 15 is 0 Å². The van der Waals surface area contributed by atoms with Crippen molar-refractivity contribution in [2.75, 3.05) is 0 Å². The zero-order valence-corrected chi connectivity index (χ0v) is 8.18. The number of halogens is 1. The number of aryl methyl sites for hydroxylation is 1. The van der Waals surface area contributed by atoms with Crippen LogP contribution in [0.4, 0.5) is 0 Å². The van der Waals surface area contributed by atoms with Gasteiger partial charge in [0.05, 0.1) is 2.74 Å². The minimum Gasteiger partial charge on any atom is -0.461 e. The van der Waals surface area contributed by atoms with Crippen LogP contribution < -0.4 is 0 Å². The van der Waals surface area contributed by atoms with Gasteiger partial charge in [-0.1, -0.05) is 28.1 Å². The maximum absolute atomic E-state index is 7.76. The summed E-state index contributed by atoms with van der Waals surface area (Å²) < 4.78 is 43.1. The van der Waals surface area contributed by atoms with Crippen LogP contribution in [0.25, 0.3) is 11.3 Å². The lowest BCUT2D eigenvalue weighted by molar-refractivity contribution is 0.548. The minimum atomic E-state index is -2.52. The van der Waals surface area contributed by atoms with Crippen LogP contribution in [0.1, 0.15) is 12.6 Å². The van der Waals surface area contributed by atoms with Crippen molar-refractivity contribution in [3.63, 3.8) is 0 Å². The lowest BCUT2D eigenvalue weighted by atomic mass is 10.2. The van der Waals surface area contributed by atoms with Gasteiger partial charge in [0, 0.05) is 14.1 Å². The summed E-state index contributed by atoms with van der Waals surface area (Å²) in [7, 11) is 0. The Kier molecular flexibility index (Phi) is 1.16. The van der Waals surface area contributed by atoms with Gasteiger partial charge >= 0.3 is 0 Å². The second-order valence-corrected chi connectivity index (χ2v) is 3.44. The van der Waals surface area contributed by atoms with Crippen LogP contribution in [-0.4, -0.2) is 0 Å². The predicted molar refractivity (Wildman–Crippen MR) is 56.6 cm³/mol. The van der Waals surface area contributed by atoms with Crippen molar-refractivity contribution in [2.45, 2.75) is 6.85 Å². The van der Waals surface area contributed by atoms with Crippen LogP contribution in [0.5, 0.6) is 0 Å². The van der Waals surface area contributed by atoms with E-state index in [1.54, 1.807) is 18.2 Å². The number of rotatable bonds is 1. The summed E-state index contributed by atoms with van der Waals surface area (Å²) >= 11 is 3.29. The van der Waals surface area contributed by atoms with Gasteiger partial charge in [-0.15, -0.1) is 0 Å². The Morgan fingerprint density at radius 3 is 3.08 bits per heavy atom. The van der Waals surface area contributed by atoms with Gasteiger partial charge in [-0.2, -0.15) is 0 Å². The summed E-state index contributed by atoms with van der Waals surface area (Å²) in [6.45, 7) is -2.52. The molecule has 13 heavy (non-hydrogen) atoms. The molecular weight excluding hydrogens is 228 g/mol. The third kappa shape index (κ3) is 1.83. The molecule has 0 saturated heterocycles. The molecule has 1 heterocycles. The highest BCUT2D eigenvalue weighted by Gasteiger charge is 2.01. The Morgan fingerprint density at radius 2 is 2.38 bits per heavy atom. The lowest BCUT2D eigenvalue weighted by Gasteiger charge is -1.96. The summed E-state index contributed by atoms with van der Waals surface area (Å²) in [4.78, 5) is 0. The van der Waals surface area contributed by atoms with Gasteiger partial charge in [0.2, 0.25) is 0 Å². The Labute approximate surface area is 92.5 Å². The first-order chi connectivity index (χ1) is 8.30. The molecule has 0 saturated carbocycles. The SMILES string of the molecule is [2H]c1c(-c2cccc(Br)c2)oc(C([2H])([2H])[2H])c1[2H]. The van der Waals surface area contributed by atoms with Crippen molar-refractivity contribution in [1.82, 2.24) is 0 Å². The van der Waals surface area contributed by atoms with Crippen LogP contribution >= 0.6 is 15.9 Å². The Morgan fingerprint density at radius 1 is 1.46 bits per heavy atom. The third-order valence-corrected chi connectivity index (χ3v) is 2.07. The third-order valence-electron chi connectivity index (χ3n) is 1.58. The van der Waals surface area contributed by atoms with Crippen molar-refractivity contribution >= 4 is 15.9 Å². The normalized spacial score (nSPS) is 16.8. The number of benzene rings is 1. The van der Waals surface area contributed by atoms with E-state index in [1.807, 2.05) is 6.07 Å². The largest absolute Gasteiger partial charge is 0.461 e. The van der Waals surface area contributed by atoms with Gasteiger partial charge < -0.3 is 4.42 Å². The molecule has 0 amide bonds. The monoisotopic (exact) mass is 241 g/mol. The van der Waals surface area contributed by atoms with Gasteiger partial charge in [-0.05, 0) is 31.1 Å². The van der Waals surface area contributed by atoms with Crippen LogP contribution in [0, 0.1) is 6.85 Å². The molecule has 0 fully saturated rings. The first-order valence-electron chi connectivity index (χ1n) is 6.17. The smallest absolute Gasteiger partial charge is 0.134 e. The Bertz CT molecular complexity index is 588. The predicted octanol–water partition coefficient (Wildman–Crippen LogP) is 4.02. The second-order valence-electron chi connectivity index (χ2n) is 2.52. The average Bonchev–Trinajstić information content (AvgIpc) is 2.55. The zero-order chi connectivity index (χ0) is 13.5. The standard InChI is InChI=1S/C11H9BrO/c1-8-5-6-11(13-8)9-3-2-4-10(12)7-9/h2-7H,1H3/i1D3,5D,6D. The van der Waals surface area contributed by atoms with E-state index in [0.29, 0.717) is 5.56 Å². The van der Waals surface area contributed by atoms with E-state index in [0.717, 1.165) is 4.47 Å². The molecule has 2 aromatic rings. The zero-order valence-electron chi connectivity index (χ0n) is 11.6. The van der Waals surface area contributed by atoms with Crippen molar-refractivity contribution < 1.29 is 11.3 Å². The molecule has 1 aromatic carbocycles. The van der Waals surface area contributed by atoms with Crippen LogP contribution in [0.15, 0.2) is 45.2 Å². The van der Waals surface area contributed by atoms with Crippen LogP contribution in [-0.2, 0) is 0 Å². The first-order valence-corrected chi connectivity index (χ1v) is 4.46. The molecule has 0 bridgehead atoms. The molecule has 0 aliphatic heterocycles. The first kappa shape index (κ1) is 4.47. The summed E-state index contributed by atoms with van der Waals surface area (Å²) in [5.41, 5.74) is 0.568. The van der Waals surface area contributed by atoms with Gasteiger partial charge in [-0.25, -0.2) is 0 Å². The van der Waals surface area contributed by atoms with Crippen molar-refractivity contribution in [2.24, 2.45) is 0 Å². The number of hydrogen-bond acceptors (Lipinski definition) is 1. The van der Waals surface area contributed by atoms with E-state index in [1.165, 1.54) is 0 Å². The fourth-order valence-electron chi connectivity index (χ4n) is 1.03. The summed E-state index contributed by atoms with van der Waals surface area (Å²) in [6.07, 6.45) is 0. The van der Waals surface area contributed by atoms with Crippen LogP contribution in [0.3, 0.4) is 0 Å². The topological polar surface area (TPSA) is 13.1 Å². The van der Waals surface area contributed by atoms with Crippen molar-refractivity contribution in [3.05, 3.63) is 46.6 Å². The fourth-order valence-corrected chi connectivity index (χ4v) is 1.43. The van der Waals surface area contributed by atoms with E-state index in [2.05, 4.69) is 15.9 Å². The molecule has 0 aliphatic carbocycles. The van der Waals surface area contributed by atoms with Crippen molar-refractivity contribution in [3.8, 4) is 11.3 Å².